The summed E-state index contributed by atoms with van der Waals surface area (Å²) in [5.41, 5.74) is 0. The first-order chi connectivity index (χ1) is 6.02. The van der Waals surface area contributed by atoms with Gasteiger partial charge in [0.1, 0.15) is 6.54 Å². The van der Waals surface area contributed by atoms with E-state index in [0.717, 1.165) is 0 Å². The number of rotatable bonds is 5. The van der Waals surface area contributed by atoms with Crippen LogP contribution in [-0.4, -0.2) is 42.6 Å². The summed E-state index contributed by atoms with van der Waals surface area (Å²) in [6, 6.07) is 0.350. The van der Waals surface area contributed by atoms with Crippen LogP contribution in [0.2, 0.25) is 0 Å². The van der Waals surface area contributed by atoms with Gasteiger partial charge in [-0.3, -0.25) is 4.79 Å². The molecule has 0 aromatic rings. The Morgan fingerprint density at radius 3 is 2.46 bits per heavy atom. The lowest BCUT2D eigenvalue weighted by Gasteiger charge is -2.32. The van der Waals surface area contributed by atoms with Crippen LogP contribution in [0.15, 0.2) is 12.8 Å². The van der Waals surface area contributed by atoms with Gasteiger partial charge in [-0.05, 0) is 13.8 Å². The van der Waals surface area contributed by atoms with Crippen molar-refractivity contribution in [3.8, 4) is 0 Å². The van der Waals surface area contributed by atoms with E-state index in [4.69, 9.17) is 0 Å². The molecule has 1 amide bonds. The molecule has 0 heterocycles. The first-order valence-electron chi connectivity index (χ1n) is 4.35. The van der Waals surface area contributed by atoms with Gasteiger partial charge in [-0.25, -0.2) is 5.01 Å². The third-order valence-corrected chi connectivity index (χ3v) is 1.95. The van der Waals surface area contributed by atoms with Gasteiger partial charge in [0.05, 0.1) is 0 Å². The SMILES string of the molecule is C=CN(CC(=O)NC)N(C)C(C)C. The highest BCUT2D eigenvalue weighted by Gasteiger charge is 2.12. The number of carbonyl (C=O) groups excluding carboxylic acids is 1. The van der Waals surface area contributed by atoms with Crippen molar-refractivity contribution in [2.24, 2.45) is 0 Å². The average Bonchev–Trinajstić information content (AvgIpc) is 2.12. The molecule has 0 atom stereocenters. The molecule has 13 heavy (non-hydrogen) atoms. The molecule has 76 valence electrons. The van der Waals surface area contributed by atoms with Gasteiger partial charge in [0.2, 0.25) is 5.91 Å². The lowest BCUT2D eigenvalue weighted by Crippen LogP contribution is -2.45. The van der Waals surface area contributed by atoms with Gasteiger partial charge in [0.15, 0.2) is 0 Å². The zero-order valence-electron chi connectivity index (χ0n) is 8.87. The summed E-state index contributed by atoms with van der Waals surface area (Å²) in [7, 11) is 3.55. The van der Waals surface area contributed by atoms with Crippen molar-refractivity contribution < 1.29 is 4.79 Å². The lowest BCUT2D eigenvalue weighted by molar-refractivity contribution is -0.125. The maximum Gasteiger partial charge on any atom is 0.240 e. The molecule has 0 unspecified atom stereocenters. The van der Waals surface area contributed by atoms with Crippen LogP contribution >= 0.6 is 0 Å². The topological polar surface area (TPSA) is 35.6 Å². The molecule has 0 spiro atoms. The van der Waals surface area contributed by atoms with E-state index < -0.39 is 0 Å². The molecule has 4 nitrogen and oxygen atoms in total. The summed E-state index contributed by atoms with van der Waals surface area (Å²) in [5.74, 6) is -0.0209. The van der Waals surface area contributed by atoms with Crippen molar-refractivity contribution in [3.05, 3.63) is 12.8 Å². The smallest absolute Gasteiger partial charge is 0.240 e. The molecule has 1 N–H and O–H groups in total. The molecule has 0 aliphatic heterocycles. The number of carbonyl (C=O) groups is 1. The van der Waals surface area contributed by atoms with Crippen molar-refractivity contribution in [2.75, 3.05) is 20.6 Å². The van der Waals surface area contributed by atoms with Crippen molar-refractivity contribution >= 4 is 5.91 Å². The number of amides is 1. The molecule has 0 aromatic heterocycles. The van der Waals surface area contributed by atoms with Gasteiger partial charge in [-0.15, -0.1) is 0 Å². The van der Waals surface area contributed by atoms with E-state index in [9.17, 15) is 4.79 Å². The van der Waals surface area contributed by atoms with E-state index in [0.29, 0.717) is 12.6 Å². The summed E-state index contributed by atoms with van der Waals surface area (Å²) >= 11 is 0. The molecule has 0 radical (unpaired) electrons. The Labute approximate surface area is 80.2 Å². The minimum atomic E-state index is -0.0209. The molecule has 0 saturated heterocycles. The summed E-state index contributed by atoms with van der Waals surface area (Å²) in [6.45, 7) is 8.08. The molecule has 0 aromatic carbocycles. The third-order valence-electron chi connectivity index (χ3n) is 1.95. The Balaban J connectivity index is 4.17. The maximum absolute atomic E-state index is 11.1. The quantitative estimate of drug-likeness (QED) is 0.631. The number of hydrazine groups is 1. The number of nitrogens with zero attached hydrogens (tertiary/aromatic N) is 2. The van der Waals surface area contributed by atoms with Crippen molar-refractivity contribution in [2.45, 2.75) is 19.9 Å². The van der Waals surface area contributed by atoms with Gasteiger partial charge in [-0.2, -0.15) is 0 Å². The summed E-state index contributed by atoms with van der Waals surface area (Å²) in [6.07, 6.45) is 1.65. The Morgan fingerprint density at radius 2 is 2.15 bits per heavy atom. The van der Waals surface area contributed by atoms with Crippen LogP contribution in [0.25, 0.3) is 0 Å². The van der Waals surface area contributed by atoms with Crippen molar-refractivity contribution in [3.63, 3.8) is 0 Å². The number of hydrogen-bond acceptors (Lipinski definition) is 3. The molecule has 0 fully saturated rings. The van der Waals surface area contributed by atoms with Crippen LogP contribution in [0, 0.1) is 0 Å². The number of likely N-dealkylation sites (N-methyl/N-ethyl adjacent to an activating group) is 1. The zero-order valence-corrected chi connectivity index (χ0v) is 8.87. The number of nitrogens with one attached hydrogen (secondary N) is 1. The second-order valence-electron chi connectivity index (χ2n) is 3.12. The van der Waals surface area contributed by atoms with E-state index in [2.05, 4.69) is 25.7 Å². The fourth-order valence-electron chi connectivity index (χ4n) is 0.828. The summed E-state index contributed by atoms with van der Waals surface area (Å²) < 4.78 is 0. The van der Waals surface area contributed by atoms with Crippen molar-refractivity contribution in [1.29, 1.82) is 0 Å². The van der Waals surface area contributed by atoms with Gasteiger partial charge >= 0.3 is 0 Å². The second kappa shape index (κ2) is 5.59. The second-order valence-corrected chi connectivity index (χ2v) is 3.12. The van der Waals surface area contributed by atoms with Gasteiger partial charge in [-0.1, -0.05) is 6.58 Å². The van der Waals surface area contributed by atoms with E-state index in [1.807, 2.05) is 12.1 Å². The molecule has 0 saturated carbocycles. The normalized spacial score (nSPS) is 10.3. The first kappa shape index (κ1) is 12.0. The van der Waals surface area contributed by atoms with E-state index in [1.165, 1.54) is 0 Å². The highest BCUT2D eigenvalue weighted by Crippen LogP contribution is 2.00. The van der Waals surface area contributed by atoms with Crippen LogP contribution < -0.4 is 5.32 Å². The highest BCUT2D eigenvalue weighted by molar-refractivity contribution is 5.77. The zero-order chi connectivity index (χ0) is 10.4. The lowest BCUT2D eigenvalue weighted by atomic mass is 10.4. The molecule has 0 bridgehead atoms. The first-order valence-corrected chi connectivity index (χ1v) is 4.35. The number of hydrogen-bond donors (Lipinski definition) is 1. The fraction of sp³-hybridized carbons (Fsp3) is 0.667. The van der Waals surface area contributed by atoms with E-state index in [1.54, 1.807) is 18.3 Å². The molecular formula is C9H19N3O. The van der Waals surface area contributed by atoms with E-state index >= 15 is 0 Å². The predicted molar refractivity (Wildman–Crippen MR) is 53.9 cm³/mol. The Morgan fingerprint density at radius 1 is 1.62 bits per heavy atom. The third kappa shape index (κ3) is 3.94. The van der Waals surface area contributed by atoms with E-state index in [-0.39, 0.29) is 5.91 Å². The molecular weight excluding hydrogens is 166 g/mol. The summed E-state index contributed by atoms with van der Waals surface area (Å²) in [4.78, 5) is 11.1. The van der Waals surface area contributed by atoms with Crippen molar-refractivity contribution in [1.82, 2.24) is 15.3 Å². The highest BCUT2D eigenvalue weighted by atomic mass is 16.2. The molecule has 0 rings (SSSR count). The predicted octanol–water partition coefficient (Wildman–Crippen LogP) is 0.433. The van der Waals surface area contributed by atoms with Gasteiger partial charge < -0.3 is 10.3 Å². The standard InChI is InChI=1S/C9H19N3O/c1-6-12(7-9(13)10-4)11(5)8(2)3/h6,8H,1,7H2,2-5H3,(H,10,13). The maximum atomic E-state index is 11.1. The largest absolute Gasteiger partial charge is 0.358 e. The Hall–Kier alpha value is -1.03. The molecule has 0 aliphatic carbocycles. The molecule has 4 heteroatoms. The molecule has 0 aliphatic rings. The minimum absolute atomic E-state index is 0.0209. The van der Waals surface area contributed by atoms with Crippen LogP contribution in [0.4, 0.5) is 0 Å². The Kier molecular flexibility index (Phi) is 5.14. The van der Waals surface area contributed by atoms with Crippen LogP contribution in [0.1, 0.15) is 13.8 Å². The fourth-order valence-corrected chi connectivity index (χ4v) is 0.828. The van der Waals surface area contributed by atoms with Crippen LogP contribution in [-0.2, 0) is 4.79 Å². The van der Waals surface area contributed by atoms with Gasteiger partial charge in [0.25, 0.3) is 0 Å². The Bertz CT molecular complexity index is 180. The monoisotopic (exact) mass is 185 g/mol. The summed E-state index contributed by atoms with van der Waals surface area (Å²) in [5, 5.41) is 6.31. The average molecular weight is 185 g/mol. The van der Waals surface area contributed by atoms with Crippen LogP contribution in [0.3, 0.4) is 0 Å². The minimum Gasteiger partial charge on any atom is -0.358 e. The van der Waals surface area contributed by atoms with Crippen LogP contribution in [0.5, 0.6) is 0 Å². The van der Waals surface area contributed by atoms with Gasteiger partial charge in [0, 0.05) is 26.3 Å².